The summed E-state index contributed by atoms with van der Waals surface area (Å²) in [4.78, 5) is 0. The molecule has 1 atom stereocenters. The minimum atomic E-state index is -0.278. The van der Waals surface area contributed by atoms with Crippen molar-refractivity contribution in [1.82, 2.24) is 0 Å². The second-order valence-corrected chi connectivity index (χ2v) is 4.02. The average Bonchev–Trinajstić information content (AvgIpc) is 2.29. The van der Waals surface area contributed by atoms with Gasteiger partial charge in [0.1, 0.15) is 5.82 Å². The van der Waals surface area contributed by atoms with Crippen molar-refractivity contribution in [3.8, 4) is 0 Å². The Morgan fingerprint density at radius 1 is 1.00 bits per heavy atom. The Hall–Kier alpha value is -1.38. The summed E-state index contributed by atoms with van der Waals surface area (Å²) in [5.41, 5.74) is 7.83. The highest BCUT2D eigenvalue weighted by Crippen LogP contribution is 2.22. The molecule has 0 radical (unpaired) electrons. The summed E-state index contributed by atoms with van der Waals surface area (Å²) in [6, 6.07) is 13.2. The maximum atomic E-state index is 12.8. The molecule has 0 fully saturated rings. The van der Waals surface area contributed by atoms with Crippen molar-refractivity contribution in [2.75, 3.05) is 0 Å². The fourth-order valence-electron chi connectivity index (χ4n) is 1.56. The van der Waals surface area contributed by atoms with Crippen LogP contribution in [0.15, 0.2) is 48.5 Å². The van der Waals surface area contributed by atoms with Gasteiger partial charge in [0.05, 0.1) is 6.04 Å². The zero-order chi connectivity index (χ0) is 11.5. The van der Waals surface area contributed by atoms with E-state index >= 15 is 0 Å². The summed E-state index contributed by atoms with van der Waals surface area (Å²) in [5, 5.41) is 0.648. The van der Waals surface area contributed by atoms with Gasteiger partial charge in [0, 0.05) is 5.02 Å². The van der Waals surface area contributed by atoms with Gasteiger partial charge in [0.15, 0.2) is 0 Å². The molecule has 2 aromatic carbocycles. The number of benzene rings is 2. The molecule has 0 amide bonds. The summed E-state index contributed by atoms with van der Waals surface area (Å²) in [6.45, 7) is 0. The molecule has 0 saturated carbocycles. The Bertz CT molecular complexity index is 482. The van der Waals surface area contributed by atoms with Crippen LogP contribution < -0.4 is 5.73 Å². The van der Waals surface area contributed by atoms with Crippen LogP contribution in [0, 0.1) is 5.82 Å². The van der Waals surface area contributed by atoms with Crippen molar-refractivity contribution in [3.05, 3.63) is 70.5 Å². The fraction of sp³-hybridized carbons (Fsp3) is 0.0769. The van der Waals surface area contributed by atoms with Crippen molar-refractivity contribution in [2.45, 2.75) is 6.04 Å². The molecule has 0 aromatic heterocycles. The largest absolute Gasteiger partial charge is 0.320 e. The molecule has 82 valence electrons. The van der Waals surface area contributed by atoms with Crippen LogP contribution in [-0.4, -0.2) is 0 Å². The van der Waals surface area contributed by atoms with E-state index in [1.54, 1.807) is 18.2 Å². The Labute approximate surface area is 98.7 Å². The van der Waals surface area contributed by atoms with Crippen LogP contribution in [0.5, 0.6) is 0 Å². The van der Waals surface area contributed by atoms with Crippen molar-refractivity contribution in [1.29, 1.82) is 0 Å². The summed E-state index contributed by atoms with van der Waals surface area (Å²) < 4.78 is 12.8. The lowest BCUT2D eigenvalue weighted by Crippen LogP contribution is -2.11. The summed E-state index contributed by atoms with van der Waals surface area (Å²) in [7, 11) is 0. The maximum Gasteiger partial charge on any atom is 0.123 e. The molecule has 0 spiro atoms. The van der Waals surface area contributed by atoms with Crippen LogP contribution in [0.2, 0.25) is 5.02 Å². The number of nitrogens with two attached hydrogens (primary N) is 1. The quantitative estimate of drug-likeness (QED) is 0.847. The summed E-state index contributed by atoms with van der Waals surface area (Å²) in [6.07, 6.45) is 0. The number of rotatable bonds is 2. The first-order valence-corrected chi connectivity index (χ1v) is 5.31. The van der Waals surface area contributed by atoms with Crippen molar-refractivity contribution < 1.29 is 4.39 Å². The third-order valence-corrected chi connectivity index (χ3v) is 2.67. The lowest BCUT2D eigenvalue weighted by Gasteiger charge is -2.12. The van der Waals surface area contributed by atoms with Gasteiger partial charge in [-0.15, -0.1) is 0 Å². The first-order chi connectivity index (χ1) is 7.66. The van der Waals surface area contributed by atoms with E-state index in [-0.39, 0.29) is 11.9 Å². The van der Waals surface area contributed by atoms with E-state index in [9.17, 15) is 4.39 Å². The Morgan fingerprint density at radius 3 is 2.31 bits per heavy atom. The van der Waals surface area contributed by atoms with E-state index in [4.69, 9.17) is 17.3 Å². The lowest BCUT2D eigenvalue weighted by molar-refractivity contribution is 0.626. The second kappa shape index (κ2) is 4.64. The molecule has 16 heavy (non-hydrogen) atoms. The molecule has 2 rings (SSSR count). The standard InChI is InChI=1S/C13H11ClFN/c14-11-3-1-2-10(8-11)13(16)9-4-6-12(15)7-5-9/h1-8,13H,16H2. The Kier molecular flexibility index (Phi) is 3.22. The minimum Gasteiger partial charge on any atom is -0.320 e. The van der Waals surface area contributed by atoms with Gasteiger partial charge < -0.3 is 5.73 Å². The first-order valence-electron chi connectivity index (χ1n) is 4.93. The maximum absolute atomic E-state index is 12.8. The molecule has 0 bridgehead atoms. The van der Waals surface area contributed by atoms with Crippen LogP contribution in [0.3, 0.4) is 0 Å². The zero-order valence-corrected chi connectivity index (χ0v) is 9.29. The average molecular weight is 236 g/mol. The SMILES string of the molecule is NC(c1ccc(F)cc1)c1cccc(Cl)c1. The summed E-state index contributed by atoms with van der Waals surface area (Å²) >= 11 is 5.89. The molecule has 0 aliphatic heterocycles. The third kappa shape index (κ3) is 2.40. The highest BCUT2D eigenvalue weighted by atomic mass is 35.5. The lowest BCUT2D eigenvalue weighted by atomic mass is 10.00. The predicted octanol–water partition coefficient (Wildman–Crippen LogP) is 3.53. The van der Waals surface area contributed by atoms with Gasteiger partial charge in [0.25, 0.3) is 0 Å². The zero-order valence-electron chi connectivity index (χ0n) is 8.53. The summed E-state index contributed by atoms with van der Waals surface area (Å²) in [5.74, 6) is -0.262. The van der Waals surface area contributed by atoms with E-state index in [1.807, 2.05) is 18.2 Å². The number of hydrogen-bond donors (Lipinski definition) is 1. The first kappa shape index (κ1) is 11.1. The normalized spacial score (nSPS) is 12.4. The number of halogens is 2. The van der Waals surface area contributed by atoms with E-state index < -0.39 is 0 Å². The molecular weight excluding hydrogens is 225 g/mol. The molecule has 0 heterocycles. The van der Waals surface area contributed by atoms with Gasteiger partial charge in [-0.05, 0) is 35.4 Å². The van der Waals surface area contributed by atoms with E-state index in [1.165, 1.54) is 12.1 Å². The van der Waals surface area contributed by atoms with Gasteiger partial charge in [-0.1, -0.05) is 35.9 Å². The van der Waals surface area contributed by atoms with Gasteiger partial charge in [-0.2, -0.15) is 0 Å². The van der Waals surface area contributed by atoms with E-state index in [2.05, 4.69) is 0 Å². The molecular formula is C13H11ClFN. The molecule has 2 aromatic rings. The monoisotopic (exact) mass is 235 g/mol. The van der Waals surface area contributed by atoms with Crippen molar-refractivity contribution >= 4 is 11.6 Å². The highest BCUT2D eigenvalue weighted by molar-refractivity contribution is 6.30. The molecule has 1 unspecified atom stereocenters. The van der Waals surface area contributed by atoms with Crippen molar-refractivity contribution in [3.63, 3.8) is 0 Å². The molecule has 0 aliphatic carbocycles. The van der Waals surface area contributed by atoms with Crippen molar-refractivity contribution in [2.24, 2.45) is 5.73 Å². The number of hydrogen-bond acceptors (Lipinski definition) is 1. The van der Waals surface area contributed by atoms with Crippen LogP contribution >= 0.6 is 11.6 Å². The molecule has 1 nitrogen and oxygen atoms in total. The molecule has 2 N–H and O–H groups in total. The highest BCUT2D eigenvalue weighted by Gasteiger charge is 2.08. The molecule has 0 saturated heterocycles. The molecule has 3 heteroatoms. The second-order valence-electron chi connectivity index (χ2n) is 3.58. The topological polar surface area (TPSA) is 26.0 Å². The van der Waals surface area contributed by atoms with Crippen LogP contribution in [0.25, 0.3) is 0 Å². The van der Waals surface area contributed by atoms with E-state index in [0.29, 0.717) is 5.02 Å². The van der Waals surface area contributed by atoms with Gasteiger partial charge >= 0.3 is 0 Å². The smallest absolute Gasteiger partial charge is 0.123 e. The van der Waals surface area contributed by atoms with Crippen LogP contribution in [0.1, 0.15) is 17.2 Å². The van der Waals surface area contributed by atoms with Gasteiger partial charge in [-0.3, -0.25) is 0 Å². The Morgan fingerprint density at radius 2 is 1.69 bits per heavy atom. The van der Waals surface area contributed by atoms with Crippen LogP contribution in [-0.2, 0) is 0 Å². The van der Waals surface area contributed by atoms with Gasteiger partial charge in [-0.25, -0.2) is 4.39 Å². The fourth-order valence-corrected chi connectivity index (χ4v) is 1.76. The third-order valence-electron chi connectivity index (χ3n) is 2.44. The minimum absolute atomic E-state index is 0.262. The van der Waals surface area contributed by atoms with E-state index in [0.717, 1.165) is 11.1 Å². The predicted molar refractivity (Wildman–Crippen MR) is 63.9 cm³/mol. The van der Waals surface area contributed by atoms with Gasteiger partial charge in [0.2, 0.25) is 0 Å². The Balaban J connectivity index is 2.31. The van der Waals surface area contributed by atoms with Crippen LogP contribution in [0.4, 0.5) is 4.39 Å². The molecule has 0 aliphatic rings.